The molecule has 0 spiro atoms. The number of rotatable bonds is 6. The van der Waals surface area contributed by atoms with Gasteiger partial charge < -0.3 is 4.57 Å². The number of carbonyl (C=O) groups excluding carboxylic acids is 1. The van der Waals surface area contributed by atoms with Gasteiger partial charge in [-0.3, -0.25) is 4.79 Å². The number of carbonyl (C=O) groups is 1. The molecule has 2 aromatic carbocycles. The predicted octanol–water partition coefficient (Wildman–Crippen LogP) is 5.12. The number of dihydropyridines is 1. The lowest BCUT2D eigenvalue weighted by atomic mass is 9.84. The molecule has 5 nitrogen and oxygen atoms in total. The molecule has 158 valence electrons. The number of amides is 1. The van der Waals surface area contributed by atoms with Gasteiger partial charge in [0, 0.05) is 18.9 Å². The first-order valence-electron chi connectivity index (χ1n) is 10.7. The minimum absolute atomic E-state index is 0.0515. The number of thioether (sulfide) groups is 1. The van der Waals surface area contributed by atoms with Crippen molar-refractivity contribution in [3.63, 3.8) is 0 Å². The molecular formula is C26H22N4OS. The van der Waals surface area contributed by atoms with Gasteiger partial charge in [-0.05, 0) is 41.5 Å². The molecule has 2 aliphatic rings. The standard InChI is InChI=1S/C26H22N4OS/c1-2-30-22(17-18-11-5-3-6-12-18)28-29-26(30)32-24-23(19-13-7-4-8-14-19)20-15-9-10-16-21(20)27-25(24)31/h3-16,20H,2,17H2,1H3. The van der Waals surface area contributed by atoms with Crippen molar-refractivity contribution in [3.8, 4) is 0 Å². The van der Waals surface area contributed by atoms with Gasteiger partial charge in [0.2, 0.25) is 0 Å². The average molecular weight is 439 g/mol. The SMILES string of the molecule is CCn1c(Cc2ccccc2)nnc1SC1=C(c2ccccc2)C2C=CC=CC2=NC1=O. The van der Waals surface area contributed by atoms with Gasteiger partial charge in [-0.1, -0.05) is 78.9 Å². The fourth-order valence-corrected chi connectivity index (χ4v) is 5.14. The topological polar surface area (TPSA) is 60.1 Å². The van der Waals surface area contributed by atoms with Gasteiger partial charge in [0.1, 0.15) is 5.82 Å². The number of benzene rings is 2. The lowest BCUT2D eigenvalue weighted by Crippen LogP contribution is -2.23. The highest BCUT2D eigenvalue weighted by molar-refractivity contribution is 8.04. The minimum Gasteiger partial charge on any atom is -0.306 e. The molecule has 1 aliphatic carbocycles. The zero-order valence-electron chi connectivity index (χ0n) is 17.7. The molecule has 5 rings (SSSR count). The third-order valence-corrected chi connectivity index (χ3v) is 6.66. The van der Waals surface area contributed by atoms with Crippen LogP contribution in [0, 0.1) is 5.92 Å². The quantitative estimate of drug-likeness (QED) is 0.536. The van der Waals surface area contributed by atoms with Crippen LogP contribution in [0.3, 0.4) is 0 Å². The van der Waals surface area contributed by atoms with Crippen molar-refractivity contribution in [2.45, 2.75) is 25.0 Å². The number of allylic oxidation sites excluding steroid dienone is 5. The lowest BCUT2D eigenvalue weighted by molar-refractivity contribution is -0.113. The Morgan fingerprint density at radius 1 is 0.969 bits per heavy atom. The Bertz CT molecular complexity index is 1270. The summed E-state index contributed by atoms with van der Waals surface area (Å²) in [4.78, 5) is 18.2. The van der Waals surface area contributed by atoms with E-state index in [2.05, 4.69) is 44.9 Å². The first-order chi connectivity index (χ1) is 15.7. The Kier molecular flexibility index (Phi) is 5.69. The molecule has 0 bridgehead atoms. The molecule has 1 aliphatic heterocycles. The van der Waals surface area contributed by atoms with E-state index in [0.29, 0.717) is 16.5 Å². The maximum atomic E-state index is 13.2. The van der Waals surface area contributed by atoms with Crippen LogP contribution in [-0.2, 0) is 17.8 Å². The first kappa shape index (κ1) is 20.4. The minimum atomic E-state index is -0.227. The van der Waals surface area contributed by atoms with E-state index >= 15 is 0 Å². The van der Waals surface area contributed by atoms with E-state index in [1.165, 1.54) is 17.3 Å². The van der Waals surface area contributed by atoms with Gasteiger partial charge in [0.15, 0.2) is 5.16 Å². The number of fused-ring (bicyclic) bond motifs is 1. The molecule has 0 radical (unpaired) electrons. The molecule has 1 amide bonds. The number of aromatic nitrogens is 3. The molecule has 2 heterocycles. The van der Waals surface area contributed by atoms with E-state index in [-0.39, 0.29) is 11.8 Å². The summed E-state index contributed by atoms with van der Waals surface area (Å²) < 4.78 is 2.08. The monoisotopic (exact) mass is 438 g/mol. The Morgan fingerprint density at radius 3 is 2.47 bits per heavy atom. The molecular weight excluding hydrogens is 416 g/mol. The molecule has 1 atom stereocenters. The molecule has 0 fully saturated rings. The van der Waals surface area contributed by atoms with Gasteiger partial charge in [0.25, 0.3) is 5.91 Å². The Labute approximate surface area is 191 Å². The summed E-state index contributed by atoms with van der Waals surface area (Å²) in [5.74, 6) is 0.607. The van der Waals surface area contributed by atoms with Crippen LogP contribution in [0.15, 0.2) is 100 Å². The molecule has 0 saturated carbocycles. The first-order valence-corrected chi connectivity index (χ1v) is 11.5. The second-order valence-corrected chi connectivity index (χ2v) is 8.56. The van der Waals surface area contributed by atoms with Crippen molar-refractivity contribution in [2.24, 2.45) is 10.9 Å². The van der Waals surface area contributed by atoms with Crippen LogP contribution in [0.25, 0.3) is 5.57 Å². The van der Waals surface area contributed by atoms with Gasteiger partial charge in [-0.15, -0.1) is 10.2 Å². The molecule has 32 heavy (non-hydrogen) atoms. The van der Waals surface area contributed by atoms with Crippen molar-refractivity contribution in [1.29, 1.82) is 0 Å². The van der Waals surface area contributed by atoms with Crippen LogP contribution in [0.5, 0.6) is 0 Å². The van der Waals surface area contributed by atoms with Gasteiger partial charge >= 0.3 is 0 Å². The van der Waals surface area contributed by atoms with Crippen LogP contribution in [-0.4, -0.2) is 26.4 Å². The summed E-state index contributed by atoms with van der Waals surface area (Å²) in [6.45, 7) is 2.79. The Hall–Kier alpha value is -3.51. The molecule has 3 aromatic rings. The van der Waals surface area contributed by atoms with Crippen LogP contribution in [0.1, 0.15) is 23.9 Å². The van der Waals surface area contributed by atoms with Crippen LogP contribution in [0.4, 0.5) is 0 Å². The smallest absolute Gasteiger partial charge is 0.284 e. The summed E-state index contributed by atoms with van der Waals surface area (Å²) in [6.07, 6.45) is 8.64. The third kappa shape index (κ3) is 3.89. The fourth-order valence-electron chi connectivity index (χ4n) is 4.05. The summed E-state index contributed by atoms with van der Waals surface area (Å²) >= 11 is 1.37. The van der Waals surface area contributed by atoms with E-state index in [1.807, 2.05) is 66.8 Å². The van der Waals surface area contributed by atoms with E-state index in [4.69, 9.17) is 0 Å². The Balaban J connectivity index is 1.55. The lowest BCUT2D eigenvalue weighted by Gasteiger charge is -2.26. The maximum absolute atomic E-state index is 13.2. The summed E-state index contributed by atoms with van der Waals surface area (Å²) in [6, 6.07) is 20.3. The van der Waals surface area contributed by atoms with Crippen LogP contribution < -0.4 is 0 Å². The fraction of sp³-hybridized carbons (Fsp3) is 0.154. The highest BCUT2D eigenvalue weighted by Crippen LogP contribution is 2.41. The number of hydrogen-bond acceptors (Lipinski definition) is 4. The van der Waals surface area contributed by atoms with Crippen molar-refractivity contribution < 1.29 is 4.79 Å². The van der Waals surface area contributed by atoms with E-state index in [9.17, 15) is 4.79 Å². The molecule has 1 aromatic heterocycles. The highest BCUT2D eigenvalue weighted by atomic mass is 32.2. The van der Waals surface area contributed by atoms with Crippen molar-refractivity contribution in [3.05, 3.63) is 107 Å². The highest BCUT2D eigenvalue weighted by Gasteiger charge is 2.32. The summed E-state index contributed by atoms with van der Waals surface area (Å²) in [7, 11) is 0. The van der Waals surface area contributed by atoms with Gasteiger partial charge in [-0.25, -0.2) is 4.99 Å². The van der Waals surface area contributed by atoms with Crippen LogP contribution >= 0.6 is 11.8 Å². The van der Waals surface area contributed by atoms with Crippen LogP contribution in [0.2, 0.25) is 0 Å². The number of nitrogens with zero attached hydrogens (tertiary/aromatic N) is 4. The van der Waals surface area contributed by atoms with Gasteiger partial charge in [-0.2, -0.15) is 0 Å². The average Bonchev–Trinajstić information content (AvgIpc) is 3.21. The second kappa shape index (κ2) is 8.93. The Morgan fingerprint density at radius 2 is 1.72 bits per heavy atom. The largest absolute Gasteiger partial charge is 0.306 e. The van der Waals surface area contributed by atoms with Gasteiger partial charge in [0.05, 0.1) is 10.6 Å². The number of hydrogen-bond donors (Lipinski definition) is 0. The van der Waals surface area contributed by atoms with Crippen molar-refractivity contribution in [2.75, 3.05) is 0 Å². The maximum Gasteiger partial charge on any atom is 0.284 e. The van der Waals surface area contributed by atoms with E-state index < -0.39 is 0 Å². The molecule has 1 unspecified atom stereocenters. The normalized spacial score (nSPS) is 17.5. The zero-order chi connectivity index (χ0) is 21.9. The number of aliphatic imine (C=N–C) groups is 1. The summed E-state index contributed by atoms with van der Waals surface area (Å²) in [5.41, 5.74) is 3.95. The molecule has 6 heteroatoms. The van der Waals surface area contributed by atoms with Crippen molar-refractivity contribution in [1.82, 2.24) is 14.8 Å². The van der Waals surface area contributed by atoms with E-state index in [0.717, 1.165) is 29.2 Å². The predicted molar refractivity (Wildman–Crippen MR) is 128 cm³/mol. The second-order valence-electron chi connectivity index (χ2n) is 7.58. The molecule has 0 N–H and O–H groups in total. The summed E-state index contributed by atoms with van der Waals surface area (Å²) in [5, 5.41) is 9.61. The van der Waals surface area contributed by atoms with E-state index in [1.54, 1.807) is 0 Å². The van der Waals surface area contributed by atoms with Crippen molar-refractivity contribution >= 4 is 29.0 Å². The zero-order valence-corrected chi connectivity index (χ0v) is 18.5. The third-order valence-electron chi connectivity index (χ3n) is 5.57. The molecule has 0 saturated heterocycles.